The van der Waals surface area contributed by atoms with Gasteiger partial charge in [-0.3, -0.25) is 0 Å². The van der Waals surface area contributed by atoms with Gasteiger partial charge in [0.1, 0.15) is 11.9 Å². The highest BCUT2D eigenvalue weighted by Crippen LogP contribution is 2.24. The van der Waals surface area contributed by atoms with Gasteiger partial charge in [-0.1, -0.05) is 5.16 Å². The molecule has 0 spiro atoms. The number of rotatable bonds is 2. The Morgan fingerprint density at radius 3 is 3.25 bits per heavy atom. The van der Waals surface area contributed by atoms with Crippen LogP contribution in [-0.2, 0) is 0 Å². The van der Waals surface area contributed by atoms with Crippen LogP contribution in [0.1, 0.15) is 12.1 Å². The lowest BCUT2D eigenvalue weighted by atomic mass is 10.2. The van der Waals surface area contributed by atoms with E-state index in [1.54, 1.807) is 0 Å². The molecule has 1 N–H and O–H groups in total. The molecule has 4 heteroatoms. The van der Waals surface area contributed by atoms with E-state index in [-0.39, 0.29) is 6.10 Å². The van der Waals surface area contributed by atoms with Crippen LogP contribution in [0.2, 0.25) is 0 Å². The molecule has 2 aromatic rings. The summed E-state index contributed by atoms with van der Waals surface area (Å²) in [6.07, 6.45) is 1.36. The quantitative estimate of drug-likeness (QED) is 0.836. The molecule has 0 radical (unpaired) electrons. The molecule has 1 unspecified atom stereocenters. The van der Waals surface area contributed by atoms with Crippen molar-refractivity contribution >= 4 is 11.0 Å². The van der Waals surface area contributed by atoms with Crippen LogP contribution in [0, 0.1) is 6.92 Å². The molecule has 0 amide bonds. The van der Waals surface area contributed by atoms with Crippen molar-refractivity contribution in [1.29, 1.82) is 0 Å². The van der Waals surface area contributed by atoms with Crippen LogP contribution in [0.15, 0.2) is 22.7 Å². The minimum absolute atomic E-state index is 0.289. The third-order valence-corrected chi connectivity index (χ3v) is 2.94. The lowest BCUT2D eigenvalue weighted by molar-refractivity contribution is 0.223. The zero-order valence-corrected chi connectivity index (χ0v) is 9.19. The molecule has 0 bridgehead atoms. The van der Waals surface area contributed by atoms with E-state index in [2.05, 4.69) is 10.5 Å². The first-order chi connectivity index (χ1) is 7.83. The van der Waals surface area contributed by atoms with Gasteiger partial charge < -0.3 is 14.6 Å². The fourth-order valence-corrected chi connectivity index (χ4v) is 2.03. The van der Waals surface area contributed by atoms with Gasteiger partial charge in [0.05, 0.1) is 5.69 Å². The number of aromatic nitrogens is 1. The summed E-state index contributed by atoms with van der Waals surface area (Å²) in [5, 5.41) is 8.24. The number of ether oxygens (including phenoxy) is 1. The number of nitrogens with one attached hydrogen (secondary N) is 1. The summed E-state index contributed by atoms with van der Waals surface area (Å²) >= 11 is 0. The molecule has 1 aromatic heterocycles. The Morgan fingerprint density at radius 2 is 2.44 bits per heavy atom. The minimum atomic E-state index is 0.289. The second kappa shape index (κ2) is 3.79. The van der Waals surface area contributed by atoms with Crippen LogP contribution in [-0.4, -0.2) is 24.4 Å². The van der Waals surface area contributed by atoms with Crippen molar-refractivity contribution in [3.05, 3.63) is 23.9 Å². The third-order valence-electron chi connectivity index (χ3n) is 2.94. The number of fused-ring (bicyclic) bond motifs is 1. The summed E-state index contributed by atoms with van der Waals surface area (Å²) in [6.45, 7) is 3.91. The molecule has 1 aromatic carbocycles. The first-order valence-electron chi connectivity index (χ1n) is 5.56. The van der Waals surface area contributed by atoms with Crippen LogP contribution in [0.25, 0.3) is 11.0 Å². The van der Waals surface area contributed by atoms with Gasteiger partial charge >= 0.3 is 0 Å². The maximum Gasteiger partial charge on any atom is 0.167 e. The third kappa shape index (κ3) is 1.65. The van der Waals surface area contributed by atoms with Gasteiger partial charge in [-0.15, -0.1) is 0 Å². The van der Waals surface area contributed by atoms with Gasteiger partial charge in [0.25, 0.3) is 0 Å². The predicted molar refractivity (Wildman–Crippen MR) is 60.6 cm³/mol. The highest BCUT2D eigenvalue weighted by atomic mass is 16.5. The van der Waals surface area contributed by atoms with E-state index < -0.39 is 0 Å². The molecule has 1 saturated heterocycles. The van der Waals surface area contributed by atoms with Crippen molar-refractivity contribution in [2.45, 2.75) is 19.4 Å². The van der Waals surface area contributed by atoms with Crippen molar-refractivity contribution in [2.75, 3.05) is 13.1 Å². The largest absolute Gasteiger partial charge is 0.489 e. The zero-order chi connectivity index (χ0) is 11.0. The SMILES string of the molecule is Cc1noc2ccc(OC3CCNC3)cc12. The molecular weight excluding hydrogens is 204 g/mol. The minimum Gasteiger partial charge on any atom is -0.489 e. The molecule has 16 heavy (non-hydrogen) atoms. The molecule has 1 fully saturated rings. The fraction of sp³-hybridized carbons (Fsp3) is 0.417. The van der Waals surface area contributed by atoms with Crippen molar-refractivity contribution in [3.63, 3.8) is 0 Å². The molecule has 4 nitrogen and oxygen atoms in total. The molecule has 3 rings (SSSR count). The number of hydrogen-bond donors (Lipinski definition) is 1. The Bertz CT molecular complexity index is 501. The van der Waals surface area contributed by atoms with Gasteiger partial charge in [-0.05, 0) is 38.1 Å². The molecule has 0 aliphatic carbocycles. The van der Waals surface area contributed by atoms with E-state index in [9.17, 15) is 0 Å². The maximum atomic E-state index is 5.88. The van der Waals surface area contributed by atoms with Gasteiger partial charge in [0.2, 0.25) is 0 Å². The van der Waals surface area contributed by atoms with Gasteiger partial charge in [-0.2, -0.15) is 0 Å². The lowest BCUT2D eigenvalue weighted by Gasteiger charge is -2.11. The van der Waals surface area contributed by atoms with E-state index in [4.69, 9.17) is 9.26 Å². The lowest BCUT2D eigenvalue weighted by Crippen LogP contribution is -2.19. The van der Waals surface area contributed by atoms with E-state index in [0.29, 0.717) is 0 Å². The molecular formula is C12H14N2O2. The summed E-state index contributed by atoms with van der Waals surface area (Å²) in [4.78, 5) is 0. The zero-order valence-electron chi connectivity index (χ0n) is 9.19. The fourth-order valence-electron chi connectivity index (χ4n) is 2.03. The summed E-state index contributed by atoms with van der Waals surface area (Å²) in [5.74, 6) is 0.896. The summed E-state index contributed by atoms with van der Waals surface area (Å²) in [7, 11) is 0. The average Bonchev–Trinajstić information content (AvgIpc) is 2.90. The van der Waals surface area contributed by atoms with Crippen molar-refractivity contribution in [3.8, 4) is 5.75 Å². The summed E-state index contributed by atoms with van der Waals surface area (Å²) in [5.41, 5.74) is 1.72. The molecule has 2 heterocycles. The van der Waals surface area contributed by atoms with E-state index in [1.165, 1.54) is 0 Å². The Balaban J connectivity index is 1.88. The van der Waals surface area contributed by atoms with Gasteiger partial charge in [-0.25, -0.2) is 0 Å². The highest BCUT2D eigenvalue weighted by molar-refractivity contribution is 5.80. The van der Waals surface area contributed by atoms with Crippen molar-refractivity contribution in [2.24, 2.45) is 0 Å². The number of aryl methyl sites for hydroxylation is 1. The van der Waals surface area contributed by atoms with Crippen LogP contribution in [0.5, 0.6) is 5.75 Å². The Kier molecular flexibility index (Phi) is 2.29. The highest BCUT2D eigenvalue weighted by Gasteiger charge is 2.16. The number of benzene rings is 1. The van der Waals surface area contributed by atoms with Crippen LogP contribution in [0.4, 0.5) is 0 Å². The van der Waals surface area contributed by atoms with Crippen molar-refractivity contribution in [1.82, 2.24) is 10.5 Å². The Morgan fingerprint density at radius 1 is 1.50 bits per heavy atom. The molecule has 1 atom stereocenters. The topological polar surface area (TPSA) is 47.3 Å². The molecule has 0 saturated carbocycles. The summed E-state index contributed by atoms with van der Waals surface area (Å²) < 4.78 is 11.0. The van der Waals surface area contributed by atoms with E-state index in [0.717, 1.165) is 41.9 Å². The number of hydrogen-bond acceptors (Lipinski definition) is 4. The molecule has 84 valence electrons. The monoisotopic (exact) mass is 218 g/mol. The van der Waals surface area contributed by atoms with Crippen LogP contribution in [0.3, 0.4) is 0 Å². The normalized spacial score (nSPS) is 20.4. The first kappa shape index (κ1) is 9.66. The number of nitrogens with zero attached hydrogens (tertiary/aromatic N) is 1. The van der Waals surface area contributed by atoms with Crippen molar-refractivity contribution < 1.29 is 9.26 Å². The Hall–Kier alpha value is -1.55. The maximum absolute atomic E-state index is 5.88. The van der Waals surface area contributed by atoms with Crippen LogP contribution < -0.4 is 10.1 Å². The van der Waals surface area contributed by atoms with E-state index in [1.807, 2.05) is 25.1 Å². The summed E-state index contributed by atoms with van der Waals surface area (Å²) in [6, 6.07) is 5.85. The molecule has 1 aliphatic rings. The molecule has 1 aliphatic heterocycles. The van der Waals surface area contributed by atoms with Gasteiger partial charge in [0.15, 0.2) is 5.58 Å². The average molecular weight is 218 g/mol. The van der Waals surface area contributed by atoms with Gasteiger partial charge in [0, 0.05) is 11.9 Å². The standard InChI is InChI=1S/C12H14N2O2/c1-8-11-6-9(2-3-12(11)16-14-8)15-10-4-5-13-7-10/h2-3,6,10,13H,4-5,7H2,1H3. The van der Waals surface area contributed by atoms with Crippen LogP contribution >= 0.6 is 0 Å². The Labute approximate surface area is 93.6 Å². The second-order valence-corrected chi connectivity index (χ2v) is 4.16. The van der Waals surface area contributed by atoms with E-state index >= 15 is 0 Å². The first-order valence-corrected chi connectivity index (χ1v) is 5.56. The smallest absolute Gasteiger partial charge is 0.167 e. The second-order valence-electron chi connectivity index (χ2n) is 4.16. The predicted octanol–water partition coefficient (Wildman–Crippen LogP) is 1.88.